The maximum atomic E-state index is 13.1. The average Bonchev–Trinajstić information content (AvgIpc) is 3.05. The molecule has 0 radical (unpaired) electrons. The zero-order valence-corrected chi connectivity index (χ0v) is 26.1. The summed E-state index contributed by atoms with van der Waals surface area (Å²) in [6.07, 6.45) is 2.08. The number of nitrogens with two attached hydrogens (primary N) is 3. The molecule has 0 atom stereocenters. The maximum absolute atomic E-state index is 13.1. The van der Waals surface area contributed by atoms with Crippen molar-refractivity contribution in [3.63, 3.8) is 0 Å². The van der Waals surface area contributed by atoms with Crippen molar-refractivity contribution in [2.45, 2.75) is 59.7 Å². The molecule has 0 saturated carbocycles. The van der Waals surface area contributed by atoms with E-state index < -0.39 is 0 Å². The first-order chi connectivity index (χ1) is 21.7. The molecule has 9 nitrogen and oxygen atoms in total. The third-order valence-electron chi connectivity index (χ3n) is 8.04. The van der Waals surface area contributed by atoms with Crippen LogP contribution in [0.4, 0.5) is 17.1 Å². The molecule has 0 unspecified atom stereocenters. The van der Waals surface area contributed by atoms with E-state index in [1.54, 1.807) is 72.8 Å². The Morgan fingerprint density at radius 1 is 0.422 bits per heavy atom. The van der Waals surface area contributed by atoms with Gasteiger partial charge in [-0.3, -0.25) is 14.4 Å². The first-order valence-corrected chi connectivity index (χ1v) is 15.2. The smallest absolute Gasteiger partial charge is 0.251 e. The summed E-state index contributed by atoms with van der Waals surface area (Å²) >= 11 is 0. The fourth-order valence-corrected chi connectivity index (χ4v) is 5.73. The maximum Gasteiger partial charge on any atom is 0.251 e. The van der Waals surface area contributed by atoms with Gasteiger partial charge >= 0.3 is 0 Å². The molecular weight excluding hydrogens is 564 g/mol. The van der Waals surface area contributed by atoms with Crippen molar-refractivity contribution >= 4 is 34.8 Å². The number of hydrogen-bond acceptors (Lipinski definition) is 6. The molecule has 0 bridgehead atoms. The Bertz CT molecular complexity index is 1440. The van der Waals surface area contributed by atoms with Crippen molar-refractivity contribution in [1.82, 2.24) is 16.0 Å². The number of nitrogen functional groups attached to an aromatic ring is 3. The van der Waals surface area contributed by atoms with E-state index in [9.17, 15) is 14.4 Å². The highest BCUT2D eigenvalue weighted by molar-refractivity contribution is 5.95. The number of nitrogens with one attached hydrogen (secondary N) is 3. The minimum Gasteiger partial charge on any atom is -0.399 e. The van der Waals surface area contributed by atoms with E-state index in [-0.39, 0.29) is 37.4 Å². The van der Waals surface area contributed by atoms with Gasteiger partial charge < -0.3 is 33.2 Å². The quantitative estimate of drug-likeness (QED) is 0.125. The molecule has 0 fully saturated rings. The average molecular weight is 607 g/mol. The summed E-state index contributed by atoms with van der Waals surface area (Å²) in [7, 11) is 0. The van der Waals surface area contributed by atoms with Crippen LogP contribution < -0.4 is 33.2 Å². The predicted molar refractivity (Wildman–Crippen MR) is 181 cm³/mol. The van der Waals surface area contributed by atoms with E-state index in [2.05, 4.69) is 36.7 Å². The third kappa shape index (κ3) is 7.80. The number of hydrogen-bond donors (Lipinski definition) is 6. The van der Waals surface area contributed by atoms with Gasteiger partial charge in [-0.05, 0) is 125 Å². The molecule has 45 heavy (non-hydrogen) atoms. The minimum absolute atomic E-state index is 0.213. The largest absolute Gasteiger partial charge is 0.399 e. The lowest BCUT2D eigenvalue weighted by Crippen LogP contribution is -2.30. The molecule has 0 heterocycles. The van der Waals surface area contributed by atoms with E-state index in [1.807, 2.05) is 0 Å². The van der Waals surface area contributed by atoms with Gasteiger partial charge in [0, 0.05) is 53.4 Å². The molecule has 4 rings (SSSR count). The number of carbonyl (C=O) groups is 3. The highest BCUT2D eigenvalue weighted by atomic mass is 16.2. The standard InChI is InChI=1S/C36H42N6O3/c1-4-28-31(19-40-34(43)22-7-13-25(37)14-8-22)29(5-2)33(21-42-36(45)24-11-17-27(39)18-12-24)30(6-3)32(28)20-41-35(44)23-9-15-26(38)16-10-23/h7-18H,4-6,19-21,37-39H2,1-3H3,(H,40,43)(H,41,44)(H,42,45). The summed E-state index contributed by atoms with van der Waals surface area (Å²) in [5, 5.41) is 9.27. The van der Waals surface area contributed by atoms with E-state index in [0.29, 0.717) is 53.0 Å². The van der Waals surface area contributed by atoms with Gasteiger partial charge in [-0.2, -0.15) is 0 Å². The van der Waals surface area contributed by atoms with Gasteiger partial charge in [-0.15, -0.1) is 0 Å². The molecular formula is C36H42N6O3. The lowest BCUT2D eigenvalue weighted by atomic mass is 9.83. The van der Waals surface area contributed by atoms with Crippen LogP contribution in [-0.4, -0.2) is 17.7 Å². The molecule has 9 N–H and O–H groups in total. The van der Waals surface area contributed by atoms with Gasteiger partial charge in [0.15, 0.2) is 0 Å². The fourth-order valence-electron chi connectivity index (χ4n) is 5.73. The van der Waals surface area contributed by atoms with Gasteiger partial charge in [0.25, 0.3) is 17.7 Å². The van der Waals surface area contributed by atoms with Crippen LogP contribution in [0.15, 0.2) is 72.8 Å². The number of amides is 3. The van der Waals surface area contributed by atoms with Gasteiger partial charge in [0.05, 0.1) is 0 Å². The Kier molecular flexibility index (Phi) is 10.8. The summed E-state index contributed by atoms with van der Waals surface area (Å²) in [6, 6.07) is 20.4. The molecule has 0 aromatic heterocycles. The highest BCUT2D eigenvalue weighted by Crippen LogP contribution is 2.31. The fraction of sp³-hybridized carbons (Fsp3) is 0.250. The molecule has 9 heteroatoms. The summed E-state index contributed by atoms with van der Waals surface area (Å²) in [6.45, 7) is 7.10. The minimum atomic E-state index is -0.213. The van der Waals surface area contributed by atoms with Crippen molar-refractivity contribution in [3.05, 3.63) is 123 Å². The molecule has 0 aliphatic rings. The topological polar surface area (TPSA) is 165 Å². The van der Waals surface area contributed by atoms with Crippen LogP contribution in [0, 0.1) is 0 Å². The molecule has 4 aromatic carbocycles. The van der Waals surface area contributed by atoms with Gasteiger partial charge in [-0.25, -0.2) is 0 Å². The van der Waals surface area contributed by atoms with Crippen molar-refractivity contribution in [2.24, 2.45) is 0 Å². The second-order valence-corrected chi connectivity index (χ2v) is 10.8. The molecule has 0 aliphatic carbocycles. The van der Waals surface area contributed by atoms with E-state index in [4.69, 9.17) is 17.2 Å². The second kappa shape index (κ2) is 14.9. The van der Waals surface area contributed by atoms with Crippen molar-refractivity contribution in [2.75, 3.05) is 17.2 Å². The van der Waals surface area contributed by atoms with Gasteiger partial charge in [-0.1, -0.05) is 20.8 Å². The number of benzene rings is 4. The predicted octanol–water partition coefficient (Wildman–Crippen LogP) is 4.91. The Hall–Kier alpha value is -5.31. The molecule has 0 saturated heterocycles. The molecule has 0 spiro atoms. The number of carbonyl (C=O) groups excluding carboxylic acids is 3. The lowest BCUT2D eigenvalue weighted by molar-refractivity contribution is 0.0943. The van der Waals surface area contributed by atoms with Crippen LogP contribution in [0.5, 0.6) is 0 Å². The number of rotatable bonds is 12. The lowest BCUT2D eigenvalue weighted by Gasteiger charge is -2.27. The Balaban J connectivity index is 1.73. The monoisotopic (exact) mass is 606 g/mol. The number of anilines is 3. The molecule has 3 amide bonds. The Labute approximate surface area is 264 Å². The second-order valence-electron chi connectivity index (χ2n) is 10.8. The summed E-state index contributed by atoms with van der Waals surface area (Å²) in [4.78, 5) is 39.4. The van der Waals surface area contributed by atoms with Crippen LogP contribution in [0.2, 0.25) is 0 Å². The first kappa shape index (κ1) is 32.6. The van der Waals surface area contributed by atoms with Gasteiger partial charge in [0.2, 0.25) is 0 Å². The normalized spacial score (nSPS) is 10.7. The molecule has 0 aliphatic heterocycles. The van der Waals surface area contributed by atoms with Crippen LogP contribution in [0.1, 0.15) is 85.2 Å². The van der Waals surface area contributed by atoms with E-state index in [1.165, 1.54) is 0 Å². The van der Waals surface area contributed by atoms with Crippen molar-refractivity contribution in [1.29, 1.82) is 0 Å². The van der Waals surface area contributed by atoms with Crippen molar-refractivity contribution < 1.29 is 14.4 Å². The van der Waals surface area contributed by atoms with E-state index >= 15 is 0 Å². The van der Waals surface area contributed by atoms with Crippen LogP contribution in [0.3, 0.4) is 0 Å². The van der Waals surface area contributed by atoms with Crippen molar-refractivity contribution in [3.8, 4) is 0 Å². The van der Waals surface area contributed by atoms with Crippen LogP contribution in [-0.2, 0) is 38.9 Å². The first-order valence-electron chi connectivity index (χ1n) is 15.2. The van der Waals surface area contributed by atoms with E-state index in [0.717, 1.165) is 33.4 Å². The Morgan fingerprint density at radius 2 is 0.644 bits per heavy atom. The van der Waals surface area contributed by atoms with Gasteiger partial charge in [0.1, 0.15) is 0 Å². The third-order valence-corrected chi connectivity index (χ3v) is 8.04. The van der Waals surface area contributed by atoms with Crippen LogP contribution >= 0.6 is 0 Å². The highest BCUT2D eigenvalue weighted by Gasteiger charge is 2.23. The molecule has 234 valence electrons. The zero-order chi connectivity index (χ0) is 32.5. The summed E-state index contributed by atoms with van der Waals surface area (Å²) in [5.74, 6) is -0.639. The SMILES string of the molecule is CCc1c(CNC(=O)c2ccc(N)cc2)c(CC)c(CNC(=O)c2ccc(N)cc2)c(CC)c1CNC(=O)c1ccc(N)cc1. The zero-order valence-electron chi connectivity index (χ0n) is 26.1. The Morgan fingerprint density at radius 3 is 0.844 bits per heavy atom. The summed E-state index contributed by atoms with van der Waals surface area (Å²) in [5.41, 5.74) is 26.9. The van der Waals surface area contributed by atoms with Crippen LogP contribution in [0.25, 0.3) is 0 Å². The summed E-state index contributed by atoms with van der Waals surface area (Å²) < 4.78 is 0. The molecule has 4 aromatic rings.